The third-order valence-corrected chi connectivity index (χ3v) is 3.92. The van der Waals surface area contributed by atoms with Crippen molar-refractivity contribution >= 4 is 15.7 Å². The van der Waals surface area contributed by atoms with E-state index in [4.69, 9.17) is 0 Å². The van der Waals surface area contributed by atoms with Crippen LogP contribution in [0.15, 0.2) is 35.7 Å². The number of hydrogen-bond acceptors (Lipinski definition) is 6. The summed E-state index contributed by atoms with van der Waals surface area (Å²) >= 11 is 0. The third kappa shape index (κ3) is 3.52. The zero-order valence-electron chi connectivity index (χ0n) is 11.0. The van der Waals surface area contributed by atoms with Crippen LogP contribution in [0.25, 0.3) is 0 Å². The van der Waals surface area contributed by atoms with Gasteiger partial charge in [-0.1, -0.05) is 5.21 Å². The van der Waals surface area contributed by atoms with E-state index in [-0.39, 0.29) is 11.6 Å². The summed E-state index contributed by atoms with van der Waals surface area (Å²) in [6, 6.07) is 3.37. The van der Waals surface area contributed by atoms with Crippen LogP contribution in [0.2, 0.25) is 0 Å². The lowest BCUT2D eigenvalue weighted by molar-refractivity contribution is 0.551. The fourth-order valence-corrected chi connectivity index (χ4v) is 2.77. The highest BCUT2D eigenvalue weighted by atomic mass is 32.2. The molecule has 2 rings (SSSR count). The summed E-state index contributed by atoms with van der Waals surface area (Å²) in [6.45, 7) is 3.13. The molecule has 0 aliphatic heterocycles. The molecule has 0 amide bonds. The van der Waals surface area contributed by atoms with Crippen LogP contribution in [0.1, 0.15) is 6.92 Å². The van der Waals surface area contributed by atoms with Crippen LogP contribution < -0.4 is 10.0 Å². The summed E-state index contributed by atoms with van der Waals surface area (Å²) in [5.41, 5.74) is 0.489. The quantitative estimate of drug-likeness (QED) is 0.750. The van der Waals surface area contributed by atoms with Gasteiger partial charge >= 0.3 is 0 Å². The number of sulfonamides is 1. The van der Waals surface area contributed by atoms with Gasteiger partial charge in [-0.2, -0.15) is 0 Å². The minimum Gasteiger partial charge on any atom is -0.383 e. The van der Waals surface area contributed by atoms with Crippen LogP contribution in [-0.2, 0) is 16.6 Å². The van der Waals surface area contributed by atoms with E-state index in [0.717, 1.165) is 0 Å². The molecule has 0 spiro atoms. The number of pyridine rings is 1. The van der Waals surface area contributed by atoms with Crippen molar-refractivity contribution in [1.29, 1.82) is 0 Å². The highest BCUT2D eigenvalue weighted by Gasteiger charge is 2.19. The topological polar surface area (TPSA) is 102 Å². The lowest BCUT2D eigenvalue weighted by Crippen LogP contribution is -2.29. The summed E-state index contributed by atoms with van der Waals surface area (Å²) in [4.78, 5) is 3.94. The van der Waals surface area contributed by atoms with Crippen LogP contribution >= 0.6 is 0 Å². The highest BCUT2D eigenvalue weighted by molar-refractivity contribution is 7.89. The molecule has 0 aliphatic carbocycles. The van der Waals surface area contributed by atoms with Crippen molar-refractivity contribution in [1.82, 2.24) is 24.7 Å². The lowest BCUT2D eigenvalue weighted by atomic mass is 10.4. The molecule has 2 aromatic heterocycles. The first-order chi connectivity index (χ1) is 9.63. The second-order valence-electron chi connectivity index (χ2n) is 3.95. The molecular weight excluding hydrogens is 280 g/mol. The average molecular weight is 296 g/mol. The van der Waals surface area contributed by atoms with Gasteiger partial charge in [-0.15, -0.1) is 5.10 Å². The van der Waals surface area contributed by atoms with Crippen LogP contribution in [0.4, 0.5) is 5.69 Å². The molecule has 0 bridgehead atoms. The number of rotatable bonds is 7. The van der Waals surface area contributed by atoms with Crippen molar-refractivity contribution in [2.24, 2.45) is 0 Å². The van der Waals surface area contributed by atoms with Gasteiger partial charge in [0.2, 0.25) is 0 Å². The molecular formula is C11H16N6O2S. The molecule has 0 aromatic carbocycles. The van der Waals surface area contributed by atoms with E-state index in [9.17, 15) is 8.42 Å². The molecule has 108 valence electrons. The molecule has 2 aromatic rings. The van der Waals surface area contributed by atoms with E-state index in [0.29, 0.717) is 18.8 Å². The van der Waals surface area contributed by atoms with Crippen LogP contribution in [0, 0.1) is 0 Å². The van der Waals surface area contributed by atoms with Crippen molar-refractivity contribution in [2.45, 2.75) is 18.5 Å². The monoisotopic (exact) mass is 296 g/mol. The first kappa shape index (κ1) is 14.4. The Balaban J connectivity index is 2.06. The van der Waals surface area contributed by atoms with Crippen molar-refractivity contribution in [3.63, 3.8) is 0 Å². The maximum Gasteiger partial charge on any atom is 0.260 e. The Hall–Kier alpha value is -2.00. The first-order valence-corrected chi connectivity index (χ1v) is 7.64. The predicted molar refractivity (Wildman–Crippen MR) is 73.6 cm³/mol. The zero-order valence-corrected chi connectivity index (χ0v) is 11.8. The highest BCUT2D eigenvalue weighted by Crippen LogP contribution is 2.17. The molecule has 9 heteroatoms. The second kappa shape index (κ2) is 6.44. The number of nitrogens with one attached hydrogen (secondary N) is 2. The summed E-state index contributed by atoms with van der Waals surface area (Å²) < 4.78 is 28.4. The van der Waals surface area contributed by atoms with Gasteiger partial charge in [0.05, 0.1) is 18.4 Å². The minimum absolute atomic E-state index is 0.000408. The Kier molecular flexibility index (Phi) is 4.64. The molecule has 0 unspecified atom stereocenters. The fraction of sp³-hybridized carbons (Fsp3) is 0.364. The third-order valence-electron chi connectivity index (χ3n) is 2.50. The van der Waals surface area contributed by atoms with Crippen molar-refractivity contribution < 1.29 is 8.42 Å². The van der Waals surface area contributed by atoms with Gasteiger partial charge < -0.3 is 5.32 Å². The number of hydrogen-bond donors (Lipinski definition) is 2. The van der Waals surface area contributed by atoms with E-state index >= 15 is 0 Å². The molecule has 0 aliphatic rings. The van der Waals surface area contributed by atoms with Gasteiger partial charge in [0.25, 0.3) is 10.0 Å². The normalized spacial score (nSPS) is 11.4. The summed E-state index contributed by atoms with van der Waals surface area (Å²) in [5.74, 6) is 0. The van der Waals surface area contributed by atoms with Crippen molar-refractivity contribution in [3.05, 3.63) is 30.7 Å². The van der Waals surface area contributed by atoms with Crippen molar-refractivity contribution in [2.75, 3.05) is 18.4 Å². The van der Waals surface area contributed by atoms with E-state index in [1.54, 1.807) is 23.0 Å². The van der Waals surface area contributed by atoms with Gasteiger partial charge in [-0.25, -0.2) is 18.1 Å². The standard InChI is InChI=1S/C11H16N6O2S/c1-2-12-10-4-3-5-13-11(10)20(18,19)15-7-9-17-8-6-14-16-17/h3-6,8,12,15H,2,7,9H2,1H3. The van der Waals surface area contributed by atoms with Crippen molar-refractivity contribution in [3.8, 4) is 0 Å². The molecule has 2 N–H and O–H groups in total. The summed E-state index contributed by atoms with van der Waals surface area (Å²) in [6.07, 6.45) is 4.66. The molecule has 0 saturated heterocycles. The molecule has 8 nitrogen and oxygen atoms in total. The molecule has 0 atom stereocenters. The van der Waals surface area contributed by atoms with Gasteiger partial charge in [0, 0.05) is 25.5 Å². The van der Waals surface area contributed by atoms with Crippen LogP contribution in [0.5, 0.6) is 0 Å². The SMILES string of the molecule is CCNc1cccnc1S(=O)(=O)NCCn1ccnn1. The largest absolute Gasteiger partial charge is 0.383 e. The number of aromatic nitrogens is 4. The molecule has 2 heterocycles. The molecule has 20 heavy (non-hydrogen) atoms. The Morgan fingerprint density at radius 2 is 2.20 bits per heavy atom. The number of nitrogens with zero attached hydrogens (tertiary/aromatic N) is 4. The van der Waals surface area contributed by atoms with Gasteiger partial charge in [0.1, 0.15) is 0 Å². The van der Waals surface area contributed by atoms with Crippen LogP contribution in [-0.4, -0.2) is 41.5 Å². The minimum atomic E-state index is -3.65. The second-order valence-corrected chi connectivity index (χ2v) is 5.63. The Bertz CT molecular complexity index is 641. The fourth-order valence-electron chi connectivity index (χ4n) is 1.64. The molecule has 0 radical (unpaired) electrons. The Morgan fingerprint density at radius 1 is 1.35 bits per heavy atom. The zero-order chi connectivity index (χ0) is 14.4. The maximum absolute atomic E-state index is 12.2. The summed E-state index contributed by atoms with van der Waals surface area (Å²) in [5, 5.41) is 10.4. The first-order valence-electron chi connectivity index (χ1n) is 6.16. The smallest absolute Gasteiger partial charge is 0.260 e. The van der Waals surface area contributed by atoms with Gasteiger partial charge in [0.15, 0.2) is 5.03 Å². The number of anilines is 1. The van der Waals surface area contributed by atoms with E-state index in [2.05, 4.69) is 25.3 Å². The predicted octanol–water partition coefficient (Wildman–Crippen LogP) is 0.0834. The lowest BCUT2D eigenvalue weighted by Gasteiger charge is -2.10. The van der Waals surface area contributed by atoms with Gasteiger partial charge in [-0.3, -0.25) is 4.68 Å². The summed E-state index contributed by atoms with van der Waals surface area (Å²) in [7, 11) is -3.65. The molecule has 0 fully saturated rings. The maximum atomic E-state index is 12.2. The average Bonchev–Trinajstić information content (AvgIpc) is 2.92. The van der Waals surface area contributed by atoms with Crippen LogP contribution in [0.3, 0.4) is 0 Å². The Labute approximate surface area is 117 Å². The molecule has 0 saturated carbocycles. The van der Waals surface area contributed by atoms with E-state index in [1.165, 1.54) is 12.4 Å². The van der Waals surface area contributed by atoms with E-state index < -0.39 is 10.0 Å². The van der Waals surface area contributed by atoms with E-state index in [1.807, 2.05) is 6.92 Å². The Morgan fingerprint density at radius 3 is 2.90 bits per heavy atom. The van der Waals surface area contributed by atoms with Gasteiger partial charge in [-0.05, 0) is 19.1 Å².